The zero-order valence-electron chi connectivity index (χ0n) is 10.6. The molecule has 0 aromatic heterocycles. The van der Waals surface area contributed by atoms with E-state index in [1.165, 1.54) is 25.5 Å². The monoisotopic (exact) mass is 268 g/mol. The molecule has 1 aliphatic rings. The maximum absolute atomic E-state index is 13.6. The number of benzene rings is 1. The van der Waals surface area contributed by atoms with Crippen molar-refractivity contribution in [2.24, 2.45) is 0 Å². The van der Waals surface area contributed by atoms with Gasteiger partial charge < -0.3 is 4.74 Å². The predicted molar refractivity (Wildman–Crippen MR) is 72.8 cm³/mol. The number of methoxy groups -OCH3 is 1. The van der Waals surface area contributed by atoms with Crippen LogP contribution in [-0.2, 0) is 6.42 Å². The van der Waals surface area contributed by atoms with Crippen molar-refractivity contribution in [1.82, 2.24) is 0 Å². The second kappa shape index (κ2) is 6.24. The summed E-state index contributed by atoms with van der Waals surface area (Å²) in [4.78, 5) is 0. The van der Waals surface area contributed by atoms with Crippen LogP contribution in [0.4, 0.5) is 4.39 Å². The average molecular weight is 269 g/mol. The summed E-state index contributed by atoms with van der Waals surface area (Å²) in [6, 6.07) is 5.14. The van der Waals surface area contributed by atoms with E-state index in [1.54, 1.807) is 12.1 Å². The molecular formula is C15H18ClFO. The van der Waals surface area contributed by atoms with E-state index in [2.05, 4.69) is 6.08 Å². The Morgan fingerprint density at radius 3 is 2.94 bits per heavy atom. The number of alkyl halides is 1. The Morgan fingerprint density at radius 2 is 2.22 bits per heavy atom. The third kappa shape index (κ3) is 3.49. The van der Waals surface area contributed by atoms with Crippen molar-refractivity contribution in [2.75, 3.05) is 7.11 Å². The Hall–Kier alpha value is -1.02. The van der Waals surface area contributed by atoms with E-state index >= 15 is 0 Å². The standard InChI is InChI=1S/C15H18ClFO/c1-18-15-7-6-12(10-14(15)17)8-11-4-2-3-5-13(16)9-11/h6-7,9-10,13H,2-5,8H2,1H3. The van der Waals surface area contributed by atoms with Gasteiger partial charge in [0, 0.05) is 0 Å². The lowest BCUT2D eigenvalue weighted by atomic mass is 10.0. The molecule has 0 N–H and O–H groups in total. The van der Waals surface area contributed by atoms with Gasteiger partial charge in [-0.15, -0.1) is 11.6 Å². The molecule has 1 aromatic rings. The third-order valence-electron chi connectivity index (χ3n) is 3.29. The number of halogens is 2. The van der Waals surface area contributed by atoms with Crippen molar-refractivity contribution in [3.8, 4) is 5.75 Å². The van der Waals surface area contributed by atoms with Gasteiger partial charge in [0.1, 0.15) is 0 Å². The normalized spacial score (nSPS) is 20.2. The van der Waals surface area contributed by atoms with Gasteiger partial charge in [0.25, 0.3) is 0 Å². The molecular weight excluding hydrogens is 251 g/mol. The first-order valence-electron chi connectivity index (χ1n) is 6.35. The first kappa shape index (κ1) is 13.4. The topological polar surface area (TPSA) is 9.23 Å². The molecule has 0 saturated heterocycles. The summed E-state index contributed by atoms with van der Waals surface area (Å²) < 4.78 is 18.5. The Bertz CT molecular complexity index is 442. The lowest BCUT2D eigenvalue weighted by Gasteiger charge is -2.08. The molecule has 1 unspecified atom stereocenters. The highest BCUT2D eigenvalue weighted by Gasteiger charge is 2.11. The zero-order chi connectivity index (χ0) is 13.0. The van der Waals surface area contributed by atoms with Gasteiger partial charge in [-0.05, 0) is 43.4 Å². The molecule has 1 aliphatic carbocycles. The van der Waals surface area contributed by atoms with Crippen LogP contribution in [0.3, 0.4) is 0 Å². The van der Waals surface area contributed by atoms with Crippen LogP contribution in [-0.4, -0.2) is 12.5 Å². The summed E-state index contributed by atoms with van der Waals surface area (Å²) in [5, 5.41) is 0.130. The Kier molecular flexibility index (Phi) is 4.65. The fourth-order valence-corrected chi connectivity index (χ4v) is 2.68. The largest absolute Gasteiger partial charge is 0.494 e. The fraction of sp³-hybridized carbons (Fsp3) is 0.467. The molecule has 3 heteroatoms. The third-order valence-corrected chi connectivity index (χ3v) is 3.64. The molecule has 0 bridgehead atoms. The van der Waals surface area contributed by atoms with Crippen molar-refractivity contribution in [3.63, 3.8) is 0 Å². The van der Waals surface area contributed by atoms with E-state index in [0.29, 0.717) is 5.75 Å². The molecule has 1 aromatic carbocycles. The van der Waals surface area contributed by atoms with Crippen LogP contribution in [0.25, 0.3) is 0 Å². The van der Waals surface area contributed by atoms with Gasteiger partial charge in [-0.3, -0.25) is 0 Å². The lowest BCUT2D eigenvalue weighted by molar-refractivity contribution is 0.386. The molecule has 98 valence electrons. The number of hydrogen-bond acceptors (Lipinski definition) is 1. The summed E-state index contributed by atoms with van der Waals surface area (Å²) in [5.74, 6) is -0.00420. The quantitative estimate of drug-likeness (QED) is 0.580. The van der Waals surface area contributed by atoms with Crippen molar-refractivity contribution in [1.29, 1.82) is 0 Å². The van der Waals surface area contributed by atoms with Crippen LogP contribution in [0.2, 0.25) is 0 Å². The second-order valence-electron chi connectivity index (χ2n) is 4.73. The lowest BCUT2D eigenvalue weighted by Crippen LogP contribution is -1.96. The molecule has 0 amide bonds. The van der Waals surface area contributed by atoms with Gasteiger partial charge in [-0.2, -0.15) is 0 Å². The van der Waals surface area contributed by atoms with Gasteiger partial charge in [0.15, 0.2) is 11.6 Å². The maximum Gasteiger partial charge on any atom is 0.165 e. The summed E-state index contributed by atoms with van der Waals surface area (Å²) >= 11 is 6.19. The summed E-state index contributed by atoms with van der Waals surface area (Å²) in [6.07, 6.45) is 7.37. The van der Waals surface area contributed by atoms with E-state index in [0.717, 1.165) is 24.8 Å². The first-order chi connectivity index (χ1) is 8.69. The van der Waals surface area contributed by atoms with Gasteiger partial charge in [-0.1, -0.05) is 24.1 Å². The molecule has 0 heterocycles. The van der Waals surface area contributed by atoms with Crippen LogP contribution in [0.1, 0.15) is 31.2 Å². The molecule has 0 fully saturated rings. The molecule has 0 saturated carbocycles. The molecule has 1 atom stereocenters. The number of ether oxygens (including phenoxy) is 1. The fourth-order valence-electron chi connectivity index (χ4n) is 2.34. The van der Waals surface area contributed by atoms with E-state index in [9.17, 15) is 4.39 Å². The van der Waals surface area contributed by atoms with Crippen LogP contribution >= 0.6 is 11.6 Å². The predicted octanol–water partition coefficient (Wildman–Crippen LogP) is 4.48. The van der Waals surface area contributed by atoms with Crippen molar-refractivity contribution in [3.05, 3.63) is 41.2 Å². The van der Waals surface area contributed by atoms with Gasteiger partial charge in [-0.25, -0.2) is 4.39 Å². The summed E-state index contributed by atoms with van der Waals surface area (Å²) in [7, 11) is 1.48. The van der Waals surface area contributed by atoms with Crippen molar-refractivity contribution < 1.29 is 9.13 Å². The number of allylic oxidation sites excluding steroid dienone is 2. The Balaban J connectivity index is 2.11. The first-order valence-corrected chi connectivity index (χ1v) is 6.78. The van der Waals surface area contributed by atoms with Crippen LogP contribution in [0.15, 0.2) is 29.8 Å². The average Bonchev–Trinajstić information content (AvgIpc) is 2.54. The number of hydrogen-bond donors (Lipinski definition) is 0. The van der Waals surface area contributed by atoms with Gasteiger partial charge >= 0.3 is 0 Å². The van der Waals surface area contributed by atoms with E-state index in [1.807, 2.05) is 6.07 Å². The van der Waals surface area contributed by atoms with Gasteiger partial charge in [0.05, 0.1) is 12.5 Å². The van der Waals surface area contributed by atoms with Crippen molar-refractivity contribution in [2.45, 2.75) is 37.5 Å². The van der Waals surface area contributed by atoms with E-state index in [-0.39, 0.29) is 11.2 Å². The molecule has 0 radical (unpaired) electrons. The van der Waals surface area contributed by atoms with E-state index in [4.69, 9.17) is 16.3 Å². The second-order valence-corrected chi connectivity index (χ2v) is 5.29. The summed E-state index contributed by atoms with van der Waals surface area (Å²) in [6.45, 7) is 0. The van der Waals surface area contributed by atoms with Crippen LogP contribution in [0, 0.1) is 5.82 Å². The minimum absolute atomic E-state index is 0.130. The molecule has 2 rings (SSSR count). The number of rotatable bonds is 3. The molecule has 0 aliphatic heterocycles. The minimum Gasteiger partial charge on any atom is -0.494 e. The summed E-state index contributed by atoms with van der Waals surface area (Å²) in [5.41, 5.74) is 2.29. The highest BCUT2D eigenvalue weighted by atomic mass is 35.5. The molecule has 1 nitrogen and oxygen atoms in total. The maximum atomic E-state index is 13.6. The zero-order valence-corrected chi connectivity index (χ0v) is 11.3. The van der Waals surface area contributed by atoms with Crippen LogP contribution < -0.4 is 4.74 Å². The SMILES string of the molecule is COc1ccc(CC2=CC(Cl)CCCC2)cc1F. The van der Waals surface area contributed by atoms with Crippen molar-refractivity contribution >= 4 is 11.6 Å². The highest BCUT2D eigenvalue weighted by molar-refractivity contribution is 6.21. The minimum atomic E-state index is -0.299. The van der Waals surface area contributed by atoms with E-state index < -0.39 is 0 Å². The molecule has 0 spiro atoms. The molecule has 18 heavy (non-hydrogen) atoms. The smallest absolute Gasteiger partial charge is 0.165 e. The van der Waals surface area contributed by atoms with Gasteiger partial charge in [0.2, 0.25) is 0 Å². The van der Waals surface area contributed by atoms with Crippen LogP contribution in [0.5, 0.6) is 5.75 Å². The Labute approximate surface area is 113 Å². The Morgan fingerprint density at radius 1 is 1.39 bits per heavy atom. The highest BCUT2D eigenvalue weighted by Crippen LogP contribution is 2.25.